The largest absolute Gasteiger partial charge is 0.358 e. The molecule has 1 heterocycles. The van der Waals surface area contributed by atoms with E-state index in [1.54, 1.807) is 0 Å². The molecule has 0 radical (unpaired) electrons. The van der Waals surface area contributed by atoms with Crippen LogP contribution in [0.2, 0.25) is 5.02 Å². The van der Waals surface area contributed by atoms with E-state index in [2.05, 4.69) is 23.3 Å². The minimum Gasteiger partial charge on any atom is -0.358 e. The number of aromatic amines is 1. The second-order valence-corrected chi connectivity index (χ2v) is 4.98. The molecule has 3 heteroatoms. The fourth-order valence-corrected chi connectivity index (χ4v) is 2.82. The Hall–Kier alpha value is -0.990. The topological polar surface area (TPSA) is 27.8 Å². The summed E-state index contributed by atoms with van der Waals surface area (Å²) >= 11 is 6.13. The lowest BCUT2D eigenvalue weighted by Gasteiger charge is -2.07. The summed E-state index contributed by atoms with van der Waals surface area (Å²) in [5, 5.41) is 5.53. The molecule has 2 N–H and O–H groups in total. The molecule has 1 aromatic carbocycles. The molecule has 16 heavy (non-hydrogen) atoms. The SMILES string of the molecule is CNC1Cc2[nH]c3c(C)c(Cl)ccc3c2C1. The number of aromatic nitrogens is 1. The van der Waals surface area contributed by atoms with Crippen molar-refractivity contribution in [2.24, 2.45) is 0 Å². The third-order valence-corrected chi connectivity index (χ3v) is 4.08. The summed E-state index contributed by atoms with van der Waals surface area (Å²) < 4.78 is 0. The van der Waals surface area contributed by atoms with E-state index in [0.717, 1.165) is 23.4 Å². The van der Waals surface area contributed by atoms with E-state index in [1.165, 1.54) is 22.2 Å². The smallest absolute Gasteiger partial charge is 0.0503 e. The number of benzene rings is 1. The first-order chi connectivity index (χ1) is 7.70. The highest BCUT2D eigenvalue weighted by molar-refractivity contribution is 6.32. The predicted molar refractivity (Wildman–Crippen MR) is 68.3 cm³/mol. The molecule has 0 aliphatic heterocycles. The first-order valence-corrected chi connectivity index (χ1v) is 6.04. The fourth-order valence-electron chi connectivity index (χ4n) is 2.66. The first-order valence-electron chi connectivity index (χ1n) is 5.66. The molecule has 0 fully saturated rings. The van der Waals surface area contributed by atoms with E-state index in [0.29, 0.717) is 6.04 Å². The average Bonchev–Trinajstić information content (AvgIpc) is 2.80. The Bertz CT molecular complexity index is 557. The van der Waals surface area contributed by atoms with E-state index < -0.39 is 0 Å². The number of halogens is 1. The maximum absolute atomic E-state index is 6.13. The van der Waals surface area contributed by atoms with Crippen molar-refractivity contribution in [3.63, 3.8) is 0 Å². The van der Waals surface area contributed by atoms with Crippen LogP contribution in [-0.4, -0.2) is 18.1 Å². The molecule has 0 saturated carbocycles. The zero-order chi connectivity index (χ0) is 11.3. The number of rotatable bonds is 1. The Balaban J connectivity index is 2.20. The summed E-state index contributed by atoms with van der Waals surface area (Å²) in [6, 6.07) is 4.72. The van der Waals surface area contributed by atoms with Crippen LogP contribution in [0.15, 0.2) is 12.1 Å². The molecule has 2 nitrogen and oxygen atoms in total. The normalized spacial score (nSPS) is 19.3. The predicted octanol–water partition coefficient (Wildman–Crippen LogP) is 2.82. The highest BCUT2D eigenvalue weighted by atomic mass is 35.5. The molecule has 3 rings (SSSR count). The van der Waals surface area contributed by atoms with E-state index in [1.807, 2.05) is 13.1 Å². The number of nitrogens with one attached hydrogen (secondary N) is 2. The van der Waals surface area contributed by atoms with Crippen molar-refractivity contribution in [3.8, 4) is 0 Å². The van der Waals surface area contributed by atoms with Gasteiger partial charge in [-0.3, -0.25) is 0 Å². The fraction of sp³-hybridized carbons (Fsp3) is 0.385. The molecule has 1 atom stereocenters. The molecule has 1 aliphatic carbocycles. The Morgan fingerprint density at radius 3 is 2.94 bits per heavy atom. The molecular weight excluding hydrogens is 220 g/mol. The summed E-state index contributed by atoms with van der Waals surface area (Å²) in [5.41, 5.74) is 5.22. The van der Waals surface area contributed by atoms with E-state index in [9.17, 15) is 0 Å². The highest BCUT2D eigenvalue weighted by Gasteiger charge is 2.24. The van der Waals surface area contributed by atoms with Crippen LogP contribution < -0.4 is 5.32 Å². The molecule has 1 aliphatic rings. The standard InChI is InChI=1S/C13H15ClN2/c1-7-11(14)4-3-9-10-5-8(15-2)6-12(10)16-13(7)9/h3-4,8,15-16H,5-6H2,1-2H3. The van der Waals surface area contributed by atoms with Crippen LogP contribution in [0.4, 0.5) is 0 Å². The molecule has 1 aromatic heterocycles. The number of aryl methyl sites for hydroxylation is 1. The van der Waals surface area contributed by atoms with Gasteiger partial charge < -0.3 is 10.3 Å². The van der Waals surface area contributed by atoms with Crippen LogP contribution in [0.25, 0.3) is 10.9 Å². The van der Waals surface area contributed by atoms with Gasteiger partial charge in [-0.25, -0.2) is 0 Å². The number of hydrogen-bond acceptors (Lipinski definition) is 1. The Morgan fingerprint density at radius 1 is 1.38 bits per heavy atom. The molecular formula is C13H15ClN2. The van der Waals surface area contributed by atoms with Crippen molar-refractivity contribution < 1.29 is 0 Å². The van der Waals surface area contributed by atoms with Crippen LogP contribution in [0.1, 0.15) is 16.8 Å². The molecule has 1 unspecified atom stereocenters. The number of H-pyrrole nitrogens is 1. The quantitative estimate of drug-likeness (QED) is 0.780. The van der Waals surface area contributed by atoms with Gasteiger partial charge in [-0.15, -0.1) is 0 Å². The molecule has 2 aromatic rings. The van der Waals surface area contributed by atoms with Gasteiger partial charge in [0, 0.05) is 28.6 Å². The number of likely N-dealkylation sites (N-methyl/N-ethyl adjacent to an activating group) is 1. The number of hydrogen-bond donors (Lipinski definition) is 2. The summed E-state index contributed by atoms with van der Waals surface area (Å²) in [6.07, 6.45) is 2.21. The maximum atomic E-state index is 6.13. The van der Waals surface area contributed by atoms with E-state index >= 15 is 0 Å². The molecule has 0 spiro atoms. The molecule has 0 amide bonds. The Morgan fingerprint density at radius 2 is 2.19 bits per heavy atom. The van der Waals surface area contributed by atoms with Gasteiger partial charge in [-0.2, -0.15) is 0 Å². The van der Waals surface area contributed by atoms with Crippen LogP contribution >= 0.6 is 11.6 Å². The number of fused-ring (bicyclic) bond motifs is 3. The monoisotopic (exact) mass is 234 g/mol. The van der Waals surface area contributed by atoms with Gasteiger partial charge in [-0.1, -0.05) is 17.7 Å². The molecule has 0 bridgehead atoms. The van der Waals surface area contributed by atoms with Gasteiger partial charge in [0.1, 0.15) is 0 Å². The van der Waals surface area contributed by atoms with E-state index in [4.69, 9.17) is 11.6 Å². The second kappa shape index (κ2) is 3.51. The van der Waals surface area contributed by atoms with Crippen LogP contribution in [-0.2, 0) is 12.8 Å². The van der Waals surface area contributed by atoms with Gasteiger partial charge in [0.05, 0.1) is 5.52 Å². The van der Waals surface area contributed by atoms with Crippen molar-refractivity contribution >= 4 is 22.5 Å². The van der Waals surface area contributed by atoms with Crippen molar-refractivity contribution in [3.05, 3.63) is 34.0 Å². The first kappa shape index (κ1) is 10.2. The van der Waals surface area contributed by atoms with Crippen molar-refractivity contribution in [2.45, 2.75) is 25.8 Å². The minimum absolute atomic E-state index is 0.585. The summed E-state index contributed by atoms with van der Waals surface area (Å²) in [4.78, 5) is 3.52. The van der Waals surface area contributed by atoms with Crippen LogP contribution in [0.5, 0.6) is 0 Å². The summed E-state index contributed by atoms with van der Waals surface area (Å²) in [7, 11) is 2.03. The third-order valence-electron chi connectivity index (χ3n) is 3.67. The van der Waals surface area contributed by atoms with Gasteiger partial charge >= 0.3 is 0 Å². The summed E-state index contributed by atoms with van der Waals surface area (Å²) in [6.45, 7) is 2.08. The van der Waals surface area contributed by atoms with Gasteiger partial charge in [0.15, 0.2) is 0 Å². The van der Waals surface area contributed by atoms with Gasteiger partial charge in [-0.05, 0) is 37.6 Å². The van der Waals surface area contributed by atoms with Crippen molar-refractivity contribution in [1.82, 2.24) is 10.3 Å². The average molecular weight is 235 g/mol. The van der Waals surface area contributed by atoms with Gasteiger partial charge in [0.25, 0.3) is 0 Å². The zero-order valence-electron chi connectivity index (χ0n) is 9.52. The summed E-state index contributed by atoms with van der Waals surface area (Å²) in [5.74, 6) is 0. The van der Waals surface area contributed by atoms with Gasteiger partial charge in [0.2, 0.25) is 0 Å². The van der Waals surface area contributed by atoms with Crippen LogP contribution in [0, 0.1) is 6.92 Å². The molecule has 0 saturated heterocycles. The lowest BCUT2D eigenvalue weighted by Crippen LogP contribution is -2.25. The lowest BCUT2D eigenvalue weighted by atomic mass is 10.1. The maximum Gasteiger partial charge on any atom is 0.0503 e. The Labute approximate surface area is 100.0 Å². The Kier molecular flexibility index (Phi) is 2.23. The highest BCUT2D eigenvalue weighted by Crippen LogP contribution is 2.33. The minimum atomic E-state index is 0.585. The third kappa shape index (κ3) is 1.30. The molecule has 84 valence electrons. The lowest BCUT2D eigenvalue weighted by molar-refractivity contribution is 0.591. The zero-order valence-corrected chi connectivity index (χ0v) is 10.3. The van der Waals surface area contributed by atoms with E-state index in [-0.39, 0.29) is 0 Å². The van der Waals surface area contributed by atoms with Crippen molar-refractivity contribution in [1.29, 1.82) is 0 Å². The van der Waals surface area contributed by atoms with Crippen molar-refractivity contribution in [2.75, 3.05) is 7.05 Å². The van der Waals surface area contributed by atoms with Crippen LogP contribution in [0.3, 0.4) is 0 Å². The second-order valence-electron chi connectivity index (χ2n) is 4.57.